The first-order chi connectivity index (χ1) is 13.5. The van der Waals surface area contributed by atoms with Crippen molar-refractivity contribution in [1.82, 2.24) is 4.90 Å². The molecule has 1 saturated heterocycles. The number of unbranched alkanes of at least 4 members (excludes halogenated alkanes) is 2. The van der Waals surface area contributed by atoms with Crippen LogP contribution in [0.1, 0.15) is 101 Å². The molecule has 3 atom stereocenters. The topological polar surface area (TPSA) is 3.24 Å². The van der Waals surface area contributed by atoms with E-state index >= 15 is 0 Å². The molecule has 3 rings (SSSR count). The van der Waals surface area contributed by atoms with Gasteiger partial charge in [0, 0.05) is 18.0 Å². The number of aryl methyl sites for hydroxylation is 2. The Morgan fingerprint density at radius 3 is 2.43 bits per heavy atom. The highest BCUT2D eigenvalue weighted by Crippen LogP contribution is 2.50. The van der Waals surface area contributed by atoms with Gasteiger partial charge in [0.25, 0.3) is 0 Å². The predicted octanol–water partition coefficient (Wildman–Crippen LogP) is 7.21. The van der Waals surface area contributed by atoms with Crippen molar-refractivity contribution in [3.05, 3.63) is 34.4 Å². The number of rotatable bonds is 9. The van der Waals surface area contributed by atoms with Crippen molar-refractivity contribution >= 4 is 0 Å². The van der Waals surface area contributed by atoms with E-state index in [2.05, 4.69) is 58.6 Å². The summed E-state index contributed by atoms with van der Waals surface area (Å²) in [5.74, 6) is 1.79. The zero-order valence-electron chi connectivity index (χ0n) is 19.6. The maximum atomic E-state index is 2.87. The second kappa shape index (κ2) is 9.33. The lowest BCUT2D eigenvalue weighted by Gasteiger charge is -2.53. The number of hydrogen-bond donors (Lipinski definition) is 0. The summed E-state index contributed by atoms with van der Waals surface area (Å²) < 4.78 is 0. The Labute approximate surface area is 175 Å². The number of likely N-dealkylation sites (tertiary alicyclic amines) is 1. The van der Waals surface area contributed by atoms with Gasteiger partial charge in [-0.1, -0.05) is 52.2 Å². The van der Waals surface area contributed by atoms with Gasteiger partial charge in [0.1, 0.15) is 0 Å². The van der Waals surface area contributed by atoms with Crippen LogP contribution < -0.4 is 0 Å². The number of benzene rings is 1. The van der Waals surface area contributed by atoms with Gasteiger partial charge < -0.3 is 4.90 Å². The Bertz CT molecular complexity index is 644. The molecular weight excluding hydrogens is 338 g/mol. The lowest BCUT2D eigenvalue weighted by molar-refractivity contribution is 0.0227. The molecule has 1 aliphatic carbocycles. The molecule has 0 N–H and O–H groups in total. The van der Waals surface area contributed by atoms with Crippen LogP contribution in [-0.2, 0) is 11.8 Å². The molecule has 1 heteroatoms. The molecule has 0 aromatic heterocycles. The van der Waals surface area contributed by atoms with Crippen LogP contribution in [0.3, 0.4) is 0 Å². The van der Waals surface area contributed by atoms with Crippen LogP contribution in [0.25, 0.3) is 0 Å². The van der Waals surface area contributed by atoms with Crippen molar-refractivity contribution in [1.29, 1.82) is 0 Å². The van der Waals surface area contributed by atoms with Crippen molar-refractivity contribution in [2.45, 2.75) is 111 Å². The second-order valence-electron chi connectivity index (χ2n) is 9.94. The molecule has 1 aromatic rings. The van der Waals surface area contributed by atoms with E-state index in [1.165, 1.54) is 64.5 Å². The van der Waals surface area contributed by atoms with E-state index in [0.717, 1.165) is 24.3 Å². The van der Waals surface area contributed by atoms with Crippen LogP contribution >= 0.6 is 0 Å². The summed E-state index contributed by atoms with van der Waals surface area (Å²) >= 11 is 0. The zero-order valence-corrected chi connectivity index (χ0v) is 19.6. The first-order valence-corrected chi connectivity index (χ1v) is 12.3. The minimum Gasteiger partial charge on any atom is -0.300 e. The fourth-order valence-corrected chi connectivity index (χ4v) is 6.44. The predicted molar refractivity (Wildman–Crippen MR) is 123 cm³/mol. The number of nitrogens with zero attached hydrogens (tertiary/aromatic N) is 1. The Hall–Kier alpha value is -0.820. The highest BCUT2D eigenvalue weighted by atomic mass is 15.2. The van der Waals surface area contributed by atoms with Crippen LogP contribution in [0, 0.1) is 25.7 Å². The summed E-state index contributed by atoms with van der Waals surface area (Å²) in [4.78, 5) is 2.87. The van der Waals surface area contributed by atoms with Gasteiger partial charge in [-0.2, -0.15) is 0 Å². The highest BCUT2D eigenvalue weighted by molar-refractivity contribution is 5.46. The quantitative estimate of drug-likeness (QED) is 0.407. The highest BCUT2D eigenvalue weighted by Gasteiger charge is 2.48. The first-order valence-electron chi connectivity index (χ1n) is 12.3. The molecule has 1 saturated carbocycles. The van der Waals surface area contributed by atoms with E-state index in [-0.39, 0.29) is 0 Å². The van der Waals surface area contributed by atoms with E-state index in [4.69, 9.17) is 0 Å². The molecule has 28 heavy (non-hydrogen) atoms. The fourth-order valence-electron chi connectivity index (χ4n) is 6.44. The van der Waals surface area contributed by atoms with Gasteiger partial charge in [0.15, 0.2) is 0 Å². The first kappa shape index (κ1) is 21.9. The molecule has 0 bridgehead atoms. The molecule has 1 aromatic carbocycles. The fraction of sp³-hybridized carbons (Fsp3) is 0.778. The smallest absolute Gasteiger partial charge is 0.0104 e. The maximum Gasteiger partial charge on any atom is 0.0104 e. The molecule has 158 valence electrons. The van der Waals surface area contributed by atoms with Crippen LogP contribution in [0.15, 0.2) is 12.1 Å². The van der Waals surface area contributed by atoms with Crippen molar-refractivity contribution in [2.75, 3.05) is 13.1 Å². The summed E-state index contributed by atoms with van der Waals surface area (Å²) in [6, 6.07) is 5.52. The number of hydrogen-bond acceptors (Lipinski definition) is 1. The molecular formula is C27H45N. The van der Waals surface area contributed by atoms with E-state index in [1.807, 2.05) is 0 Å². The van der Waals surface area contributed by atoms with Crippen LogP contribution in [-0.4, -0.2) is 24.0 Å². The summed E-state index contributed by atoms with van der Waals surface area (Å²) in [5.41, 5.74) is 6.81. The molecule has 1 aliphatic heterocycles. The monoisotopic (exact) mass is 383 g/mol. The van der Waals surface area contributed by atoms with Gasteiger partial charge in [-0.3, -0.25) is 0 Å². The molecule has 2 fully saturated rings. The van der Waals surface area contributed by atoms with E-state index in [0.29, 0.717) is 5.41 Å². The molecule has 1 heterocycles. The van der Waals surface area contributed by atoms with Crippen molar-refractivity contribution < 1.29 is 0 Å². The van der Waals surface area contributed by atoms with Gasteiger partial charge in [-0.15, -0.1) is 0 Å². The van der Waals surface area contributed by atoms with Crippen molar-refractivity contribution in [3.8, 4) is 0 Å². The zero-order chi connectivity index (χ0) is 20.3. The van der Waals surface area contributed by atoms with Gasteiger partial charge in [0.05, 0.1) is 0 Å². The molecule has 0 amide bonds. The van der Waals surface area contributed by atoms with Crippen LogP contribution in [0.5, 0.6) is 0 Å². The number of piperidine rings is 1. The van der Waals surface area contributed by atoms with Gasteiger partial charge in [0.2, 0.25) is 0 Å². The van der Waals surface area contributed by atoms with Crippen LogP contribution in [0.2, 0.25) is 0 Å². The molecule has 1 nitrogen and oxygen atoms in total. The summed E-state index contributed by atoms with van der Waals surface area (Å²) in [6.07, 6.45) is 12.3. The third-order valence-corrected chi connectivity index (χ3v) is 8.32. The van der Waals surface area contributed by atoms with Crippen molar-refractivity contribution in [3.63, 3.8) is 0 Å². The Morgan fingerprint density at radius 1 is 1.07 bits per heavy atom. The Kier molecular flexibility index (Phi) is 7.29. The van der Waals surface area contributed by atoms with Gasteiger partial charge >= 0.3 is 0 Å². The lowest BCUT2D eigenvalue weighted by atomic mass is 9.58. The molecule has 3 unspecified atom stereocenters. The molecule has 0 spiro atoms. The normalized spacial score (nSPS) is 28.6. The second-order valence-corrected chi connectivity index (χ2v) is 9.94. The standard InChI is InChI=1S/C27H45N/c1-7-10-11-12-25-22(6)28(19-23-14-15-23)18-17-27(25,9-3)26-20(4)13-16-24(8-2)21(26)5/h13,16,22-23,25H,7-12,14-15,17-19H2,1-6H3. The van der Waals surface area contributed by atoms with E-state index < -0.39 is 0 Å². The average Bonchev–Trinajstić information content (AvgIpc) is 3.50. The molecule has 2 aliphatic rings. The largest absolute Gasteiger partial charge is 0.300 e. The van der Waals surface area contributed by atoms with Crippen molar-refractivity contribution in [2.24, 2.45) is 11.8 Å². The van der Waals surface area contributed by atoms with Crippen LogP contribution in [0.4, 0.5) is 0 Å². The maximum absolute atomic E-state index is 2.87. The minimum atomic E-state index is 0.368. The third kappa shape index (κ3) is 4.20. The SMILES string of the molecule is CCCCCC1C(C)N(CC2CC2)CCC1(CC)c1c(C)ccc(CC)c1C. The van der Waals surface area contributed by atoms with Gasteiger partial charge in [-0.05, 0) is 99.9 Å². The lowest BCUT2D eigenvalue weighted by Crippen LogP contribution is -2.55. The summed E-state index contributed by atoms with van der Waals surface area (Å²) in [7, 11) is 0. The van der Waals surface area contributed by atoms with E-state index in [1.54, 1.807) is 22.3 Å². The minimum absolute atomic E-state index is 0.368. The third-order valence-electron chi connectivity index (χ3n) is 8.32. The Morgan fingerprint density at radius 2 is 1.82 bits per heavy atom. The summed E-state index contributed by atoms with van der Waals surface area (Å²) in [5, 5.41) is 0. The van der Waals surface area contributed by atoms with E-state index in [9.17, 15) is 0 Å². The molecule has 0 radical (unpaired) electrons. The van der Waals surface area contributed by atoms with Gasteiger partial charge in [-0.25, -0.2) is 0 Å². The average molecular weight is 384 g/mol. The summed E-state index contributed by atoms with van der Waals surface area (Å²) in [6.45, 7) is 17.2. The Balaban J connectivity index is 2.00.